The number of allylic oxidation sites excluding steroid dienone is 1. The van der Waals surface area contributed by atoms with Crippen molar-refractivity contribution >= 4 is 23.8 Å². The zero-order chi connectivity index (χ0) is 19.1. The molecule has 0 fully saturated rings. The van der Waals surface area contributed by atoms with Crippen LogP contribution < -0.4 is 14.2 Å². The summed E-state index contributed by atoms with van der Waals surface area (Å²) in [4.78, 5) is 34.2. The van der Waals surface area contributed by atoms with Gasteiger partial charge in [-0.15, -0.1) is 0 Å². The molecule has 0 saturated heterocycles. The number of rotatable bonds is 6. The first kappa shape index (κ1) is 18.9. The Hall–Kier alpha value is -3.41. The molecular formula is C20H18O6. The number of ether oxygens (including phenoxy) is 3. The molecule has 0 atom stereocenters. The molecule has 0 N–H and O–H groups in total. The molecule has 0 heterocycles. The van der Waals surface area contributed by atoms with Crippen LogP contribution in [0, 0.1) is 0 Å². The predicted molar refractivity (Wildman–Crippen MR) is 95.4 cm³/mol. The fraction of sp³-hybridized carbons (Fsp3) is 0.150. The molecular weight excluding hydrogens is 336 g/mol. The Labute approximate surface area is 151 Å². The minimum atomic E-state index is -0.428. The molecule has 0 unspecified atom stereocenters. The monoisotopic (exact) mass is 354 g/mol. The van der Waals surface area contributed by atoms with Gasteiger partial charge >= 0.3 is 11.9 Å². The lowest BCUT2D eigenvalue weighted by Gasteiger charge is -2.07. The Morgan fingerprint density at radius 1 is 0.846 bits per heavy atom. The molecule has 6 heteroatoms. The summed E-state index contributed by atoms with van der Waals surface area (Å²) in [5, 5.41) is 0. The van der Waals surface area contributed by atoms with Gasteiger partial charge in [-0.2, -0.15) is 0 Å². The van der Waals surface area contributed by atoms with Gasteiger partial charge in [0.05, 0.1) is 7.11 Å². The first-order valence-corrected chi connectivity index (χ1v) is 7.76. The van der Waals surface area contributed by atoms with Crippen molar-refractivity contribution in [2.24, 2.45) is 0 Å². The van der Waals surface area contributed by atoms with Crippen LogP contribution in [0.1, 0.15) is 29.8 Å². The lowest BCUT2D eigenvalue weighted by Crippen LogP contribution is -2.02. The first-order chi connectivity index (χ1) is 12.4. The van der Waals surface area contributed by atoms with Crippen LogP contribution in [0.4, 0.5) is 0 Å². The fourth-order valence-corrected chi connectivity index (χ4v) is 2.17. The minimum absolute atomic E-state index is 0.217. The molecule has 0 aliphatic heterocycles. The highest BCUT2D eigenvalue weighted by Gasteiger charge is 2.07. The zero-order valence-electron chi connectivity index (χ0n) is 14.6. The van der Waals surface area contributed by atoms with Gasteiger partial charge in [0.15, 0.2) is 5.78 Å². The van der Waals surface area contributed by atoms with Gasteiger partial charge in [-0.05, 0) is 48.6 Å². The highest BCUT2D eigenvalue weighted by atomic mass is 16.5. The number of carbonyl (C=O) groups is 3. The van der Waals surface area contributed by atoms with Gasteiger partial charge in [0.2, 0.25) is 0 Å². The van der Waals surface area contributed by atoms with Crippen molar-refractivity contribution in [3.05, 3.63) is 59.7 Å². The van der Waals surface area contributed by atoms with Crippen LogP contribution in [0.3, 0.4) is 0 Å². The molecule has 0 aliphatic carbocycles. The van der Waals surface area contributed by atoms with Crippen LogP contribution in [0.25, 0.3) is 6.08 Å². The summed E-state index contributed by atoms with van der Waals surface area (Å²) in [6.07, 6.45) is 3.02. The van der Waals surface area contributed by atoms with Crippen molar-refractivity contribution in [1.82, 2.24) is 0 Å². The smallest absolute Gasteiger partial charge is 0.308 e. The molecule has 134 valence electrons. The van der Waals surface area contributed by atoms with E-state index in [9.17, 15) is 14.4 Å². The summed E-state index contributed by atoms with van der Waals surface area (Å²) in [6, 6.07) is 11.1. The molecule has 2 rings (SSSR count). The lowest BCUT2D eigenvalue weighted by molar-refractivity contribution is -0.132. The highest BCUT2D eigenvalue weighted by Crippen LogP contribution is 2.26. The van der Waals surface area contributed by atoms with Gasteiger partial charge < -0.3 is 14.2 Å². The summed E-state index contributed by atoms with van der Waals surface area (Å²) in [5.74, 6) is 0.138. The van der Waals surface area contributed by atoms with E-state index in [0.717, 1.165) is 0 Å². The summed E-state index contributed by atoms with van der Waals surface area (Å²) < 4.78 is 15.2. The Morgan fingerprint density at radius 2 is 1.42 bits per heavy atom. The third kappa shape index (κ3) is 5.31. The quantitative estimate of drug-likeness (QED) is 0.342. The molecule has 0 amide bonds. The molecule has 0 aromatic heterocycles. The van der Waals surface area contributed by atoms with Crippen LogP contribution in [0.15, 0.2) is 48.5 Å². The summed E-state index contributed by atoms with van der Waals surface area (Å²) in [5.41, 5.74) is 1.11. The maximum atomic E-state index is 12.3. The van der Waals surface area contributed by atoms with E-state index in [0.29, 0.717) is 28.4 Å². The first-order valence-electron chi connectivity index (χ1n) is 7.76. The zero-order valence-corrected chi connectivity index (χ0v) is 14.6. The molecule has 0 spiro atoms. The van der Waals surface area contributed by atoms with Gasteiger partial charge in [0.1, 0.15) is 17.2 Å². The van der Waals surface area contributed by atoms with Crippen molar-refractivity contribution in [1.29, 1.82) is 0 Å². The van der Waals surface area contributed by atoms with Crippen molar-refractivity contribution in [3.63, 3.8) is 0 Å². The van der Waals surface area contributed by atoms with Gasteiger partial charge in [0.25, 0.3) is 0 Å². The van der Waals surface area contributed by atoms with Gasteiger partial charge in [-0.3, -0.25) is 14.4 Å². The Bertz CT molecular complexity index is 849. The number of hydrogen-bond acceptors (Lipinski definition) is 6. The lowest BCUT2D eigenvalue weighted by atomic mass is 10.1. The van der Waals surface area contributed by atoms with Crippen molar-refractivity contribution in [2.45, 2.75) is 13.8 Å². The van der Waals surface area contributed by atoms with Gasteiger partial charge in [-0.1, -0.05) is 0 Å². The molecule has 2 aromatic rings. The molecule has 0 saturated carbocycles. The highest BCUT2D eigenvalue weighted by molar-refractivity contribution is 6.07. The van der Waals surface area contributed by atoms with E-state index in [-0.39, 0.29) is 5.78 Å². The second-order valence-electron chi connectivity index (χ2n) is 5.31. The summed E-state index contributed by atoms with van der Waals surface area (Å²) in [7, 11) is 1.49. The van der Waals surface area contributed by atoms with Crippen LogP contribution in [0.5, 0.6) is 17.2 Å². The van der Waals surface area contributed by atoms with Crippen molar-refractivity contribution in [2.75, 3.05) is 7.11 Å². The maximum Gasteiger partial charge on any atom is 0.308 e. The molecule has 26 heavy (non-hydrogen) atoms. The number of ketones is 1. The van der Waals surface area contributed by atoms with E-state index in [1.807, 2.05) is 0 Å². The summed E-state index contributed by atoms with van der Waals surface area (Å²) >= 11 is 0. The maximum absolute atomic E-state index is 12.3. The van der Waals surface area contributed by atoms with E-state index in [1.54, 1.807) is 48.5 Å². The second-order valence-corrected chi connectivity index (χ2v) is 5.31. The molecule has 6 nitrogen and oxygen atoms in total. The molecule has 2 aromatic carbocycles. The van der Waals surface area contributed by atoms with Crippen LogP contribution in [-0.2, 0) is 9.59 Å². The number of esters is 2. The van der Waals surface area contributed by atoms with E-state index in [1.165, 1.54) is 27.0 Å². The summed E-state index contributed by atoms with van der Waals surface area (Å²) in [6.45, 7) is 2.62. The van der Waals surface area contributed by atoms with Gasteiger partial charge in [-0.25, -0.2) is 0 Å². The third-order valence-corrected chi connectivity index (χ3v) is 3.28. The number of hydrogen-bond donors (Lipinski definition) is 0. The predicted octanol–water partition coefficient (Wildman–Crippen LogP) is 3.44. The van der Waals surface area contributed by atoms with E-state index >= 15 is 0 Å². The minimum Gasteiger partial charge on any atom is -0.496 e. The second kappa shape index (κ2) is 8.62. The average Bonchev–Trinajstić information content (AvgIpc) is 2.59. The molecule has 0 bridgehead atoms. The standard InChI is InChI=1S/C20H18O6/c1-13(21)25-17-8-4-15(5-9-17)19(23)11-7-16-6-10-18(26-14(2)22)12-20(16)24-3/h4-12H,1-3H3/b11-7+. The van der Waals surface area contributed by atoms with E-state index in [4.69, 9.17) is 14.2 Å². The van der Waals surface area contributed by atoms with Crippen molar-refractivity contribution < 1.29 is 28.6 Å². The fourth-order valence-electron chi connectivity index (χ4n) is 2.17. The van der Waals surface area contributed by atoms with Crippen LogP contribution in [-0.4, -0.2) is 24.8 Å². The van der Waals surface area contributed by atoms with Crippen LogP contribution in [0.2, 0.25) is 0 Å². The topological polar surface area (TPSA) is 78.9 Å². The number of methoxy groups -OCH3 is 1. The number of benzene rings is 2. The van der Waals surface area contributed by atoms with E-state index in [2.05, 4.69) is 0 Å². The average molecular weight is 354 g/mol. The van der Waals surface area contributed by atoms with Crippen LogP contribution >= 0.6 is 0 Å². The third-order valence-electron chi connectivity index (χ3n) is 3.28. The number of carbonyl (C=O) groups excluding carboxylic acids is 3. The largest absolute Gasteiger partial charge is 0.496 e. The Morgan fingerprint density at radius 3 is 2.00 bits per heavy atom. The molecule has 0 aliphatic rings. The normalized spacial score (nSPS) is 10.4. The van der Waals surface area contributed by atoms with Gasteiger partial charge in [0, 0.05) is 31.0 Å². The SMILES string of the molecule is COc1cc(OC(C)=O)ccc1/C=C/C(=O)c1ccc(OC(C)=O)cc1. The Kier molecular flexibility index (Phi) is 6.27. The molecule has 0 radical (unpaired) electrons. The van der Waals surface area contributed by atoms with E-state index < -0.39 is 11.9 Å². The Balaban J connectivity index is 2.14. The van der Waals surface area contributed by atoms with Crippen molar-refractivity contribution in [3.8, 4) is 17.2 Å².